The molecular weight excluding hydrogens is 528 g/mol. The Balaban J connectivity index is 1.32. The first-order valence-electron chi connectivity index (χ1n) is 18.9. The van der Waals surface area contributed by atoms with Crippen molar-refractivity contribution in [3.05, 3.63) is 0 Å². The molecule has 0 N–H and O–H groups in total. The average Bonchev–Trinajstić information content (AvgIpc) is 2.99. The predicted molar refractivity (Wildman–Crippen MR) is 186 cm³/mol. The smallest absolute Gasteiger partial charge is 0.0267 e. The van der Waals surface area contributed by atoms with Crippen LogP contribution in [-0.4, -0.2) is 143 Å². The van der Waals surface area contributed by atoms with Crippen molar-refractivity contribution < 1.29 is 0 Å². The minimum atomic E-state index is 0.648. The van der Waals surface area contributed by atoms with E-state index in [1.54, 1.807) is 0 Å². The van der Waals surface area contributed by atoms with E-state index in [2.05, 4.69) is 106 Å². The van der Waals surface area contributed by atoms with E-state index < -0.39 is 0 Å². The van der Waals surface area contributed by atoms with E-state index in [9.17, 15) is 0 Å². The maximum Gasteiger partial charge on any atom is 0.0267 e. The summed E-state index contributed by atoms with van der Waals surface area (Å²) in [4.78, 5) is 16.9. The lowest BCUT2D eigenvalue weighted by atomic mass is 9.85. The summed E-state index contributed by atoms with van der Waals surface area (Å²) in [6, 6.07) is 5.36. The van der Waals surface area contributed by atoms with Gasteiger partial charge in [-0.2, -0.15) is 0 Å². The van der Waals surface area contributed by atoms with Gasteiger partial charge in [-0.05, 0) is 138 Å². The molecular formula is C37H74N6. The highest BCUT2D eigenvalue weighted by molar-refractivity contribution is 4.96. The topological polar surface area (TPSA) is 19.4 Å². The maximum absolute atomic E-state index is 2.93. The Labute approximate surface area is 268 Å². The Morgan fingerprint density at radius 1 is 0.581 bits per heavy atom. The standard InChI is InChI=1S/C37H74N6/c1-12-29(6)43-23-30(7)41(24-35-13-17-38(18-14-35)27(2)3)26-37(43)33(10)34(11)39-19-15-36(16-20-39)25-42-31(8)21-40(28(4)5)22-32(42)9/h27-37H,12-26H2,1-11H3/t29?,30?,31?,32?,33?,34?,37-/m0/s1. The van der Waals surface area contributed by atoms with Crippen LogP contribution in [0.4, 0.5) is 0 Å². The molecule has 0 aromatic carbocycles. The molecule has 4 rings (SSSR count). The van der Waals surface area contributed by atoms with E-state index in [0.717, 1.165) is 11.8 Å². The molecule has 43 heavy (non-hydrogen) atoms. The van der Waals surface area contributed by atoms with E-state index in [0.29, 0.717) is 54.3 Å². The van der Waals surface area contributed by atoms with Crippen LogP contribution in [0.3, 0.4) is 0 Å². The molecule has 0 aliphatic carbocycles. The molecule has 6 heteroatoms. The molecule has 6 unspecified atom stereocenters. The van der Waals surface area contributed by atoms with Crippen LogP contribution in [-0.2, 0) is 0 Å². The van der Waals surface area contributed by atoms with E-state index in [4.69, 9.17) is 0 Å². The Morgan fingerprint density at radius 2 is 1.09 bits per heavy atom. The Morgan fingerprint density at radius 3 is 1.60 bits per heavy atom. The van der Waals surface area contributed by atoms with Crippen molar-refractivity contribution in [2.45, 2.75) is 157 Å². The minimum absolute atomic E-state index is 0.648. The van der Waals surface area contributed by atoms with Crippen molar-refractivity contribution in [2.24, 2.45) is 17.8 Å². The number of nitrogens with zero attached hydrogens (tertiary/aromatic N) is 6. The second-order valence-corrected chi connectivity index (χ2v) is 16.4. The zero-order chi connectivity index (χ0) is 31.4. The summed E-state index contributed by atoms with van der Waals surface area (Å²) in [5, 5.41) is 0. The third-order valence-electron chi connectivity index (χ3n) is 12.9. The third-order valence-corrected chi connectivity index (χ3v) is 12.9. The zero-order valence-corrected chi connectivity index (χ0v) is 30.6. The summed E-state index contributed by atoms with van der Waals surface area (Å²) in [5.41, 5.74) is 0. The van der Waals surface area contributed by atoms with E-state index in [1.807, 2.05) is 0 Å². The summed E-state index contributed by atoms with van der Waals surface area (Å²) in [7, 11) is 0. The molecule has 4 heterocycles. The van der Waals surface area contributed by atoms with Crippen molar-refractivity contribution in [3.8, 4) is 0 Å². The fourth-order valence-corrected chi connectivity index (χ4v) is 9.20. The van der Waals surface area contributed by atoms with Crippen LogP contribution in [0.1, 0.15) is 108 Å². The second-order valence-electron chi connectivity index (χ2n) is 16.4. The van der Waals surface area contributed by atoms with Crippen LogP contribution in [0.15, 0.2) is 0 Å². The lowest BCUT2D eigenvalue weighted by Gasteiger charge is -2.53. The van der Waals surface area contributed by atoms with Crippen molar-refractivity contribution in [1.82, 2.24) is 29.4 Å². The Hall–Kier alpha value is -0.240. The molecule has 0 saturated carbocycles. The minimum Gasteiger partial charge on any atom is -0.301 e. The van der Waals surface area contributed by atoms with Crippen molar-refractivity contribution in [3.63, 3.8) is 0 Å². The monoisotopic (exact) mass is 603 g/mol. The van der Waals surface area contributed by atoms with Gasteiger partial charge >= 0.3 is 0 Å². The Bertz CT molecular complexity index is 791. The summed E-state index contributed by atoms with van der Waals surface area (Å²) in [6.07, 6.45) is 6.77. The molecule has 0 spiro atoms. The zero-order valence-electron chi connectivity index (χ0n) is 30.6. The normalized spacial score (nSPS) is 33.4. The van der Waals surface area contributed by atoms with Crippen LogP contribution in [0.25, 0.3) is 0 Å². The molecule has 252 valence electrons. The van der Waals surface area contributed by atoms with E-state index in [1.165, 1.54) is 97.6 Å². The summed E-state index contributed by atoms with van der Waals surface area (Å²) in [6.45, 7) is 39.7. The first kappa shape index (κ1) is 35.6. The average molecular weight is 603 g/mol. The highest BCUT2D eigenvalue weighted by Gasteiger charge is 2.41. The lowest BCUT2D eigenvalue weighted by Crippen LogP contribution is -2.64. The maximum atomic E-state index is 2.93. The van der Waals surface area contributed by atoms with Gasteiger partial charge in [-0.3, -0.25) is 19.6 Å². The number of rotatable bonds is 11. The van der Waals surface area contributed by atoms with Gasteiger partial charge in [-0.25, -0.2) is 0 Å². The van der Waals surface area contributed by atoms with E-state index >= 15 is 0 Å². The van der Waals surface area contributed by atoms with Gasteiger partial charge in [-0.1, -0.05) is 13.8 Å². The molecule has 0 radical (unpaired) electrons. The van der Waals surface area contributed by atoms with Crippen molar-refractivity contribution in [2.75, 3.05) is 65.4 Å². The number of hydrogen-bond donors (Lipinski definition) is 0. The number of piperazine rings is 2. The van der Waals surface area contributed by atoms with Gasteiger partial charge in [0.2, 0.25) is 0 Å². The molecule has 4 saturated heterocycles. The third kappa shape index (κ3) is 8.98. The van der Waals surface area contributed by atoms with Gasteiger partial charge < -0.3 is 9.80 Å². The van der Waals surface area contributed by atoms with Gasteiger partial charge in [-0.15, -0.1) is 0 Å². The second kappa shape index (κ2) is 16.0. The van der Waals surface area contributed by atoms with Crippen molar-refractivity contribution >= 4 is 0 Å². The molecule has 0 bridgehead atoms. The first-order valence-corrected chi connectivity index (χ1v) is 18.9. The predicted octanol–water partition coefficient (Wildman–Crippen LogP) is 5.82. The van der Waals surface area contributed by atoms with Crippen LogP contribution in [0, 0.1) is 17.8 Å². The highest BCUT2D eigenvalue weighted by atomic mass is 15.3. The van der Waals surface area contributed by atoms with Crippen LogP contribution >= 0.6 is 0 Å². The van der Waals surface area contributed by atoms with Crippen LogP contribution in [0.5, 0.6) is 0 Å². The van der Waals surface area contributed by atoms with Gasteiger partial charge in [0.25, 0.3) is 0 Å². The number of piperidine rings is 2. The van der Waals surface area contributed by atoms with E-state index in [-0.39, 0.29) is 0 Å². The first-order chi connectivity index (χ1) is 20.4. The number of hydrogen-bond acceptors (Lipinski definition) is 6. The highest BCUT2D eigenvalue weighted by Crippen LogP contribution is 2.32. The fourth-order valence-electron chi connectivity index (χ4n) is 9.20. The fraction of sp³-hybridized carbons (Fsp3) is 1.00. The molecule has 6 nitrogen and oxygen atoms in total. The van der Waals surface area contributed by atoms with Gasteiger partial charge in [0.05, 0.1) is 0 Å². The number of likely N-dealkylation sites (tertiary alicyclic amines) is 2. The molecule has 4 aliphatic heterocycles. The molecule has 7 atom stereocenters. The quantitative estimate of drug-likeness (QED) is 0.295. The molecule has 0 amide bonds. The van der Waals surface area contributed by atoms with Gasteiger partial charge in [0, 0.05) is 87.6 Å². The lowest BCUT2D eigenvalue weighted by molar-refractivity contribution is -0.0411. The largest absolute Gasteiger partial charge is 0.301 e. The summed E-state index contributed by atoms with van der Waals surface area (Å²) in [5.74, 6) is 2.42. The molecule has 4 fully saturated rings. The Kier molecular flexibility index (Phi) is 13.3. The molecule has 0 aromatic rings. The van der Waals surface area contributed by atoms with Crippen molar-refractivity contribution in [1.29, 1.82) is 0 Å². The SMILES string of the molecule is CCC(C)N1CC(C)N(CC2CCN(C(C)C)CC2)C[C@H]1C(C)C(C)N1CCC(CN2C(C)CN(C(C)C)CC2C)CC1. The molecule has 0 aromatic heterocycles. The summed E-state index contributed by atoms with van der Waals surface area (Å²) >= 11 is 0. The molecule has 4 aliphatic rings. The summed E-state index contributed by atoms with van der Waals surface area (Å²) < 4.78 is 0. The van der Waals surface area contributed by atoms with Crippen LogP contribution < -0.4 is 0 Å². The van der Waals surface area contributed by atoms with Crippen LogP contribution in [0.2, 0.25) is 0 Å². The van der Waals surface area contributed by atoms with Gasteiger partial charge in [0.1, 0.15) is 0 Å². The van der Waals surface area contributed by atoms with Gasteiger partial charge in [0.15, 0.2) is 0 Å².